The third kappa shape index (κ3) is 4.94. The zero-order chi connectivity index (χ0) is 23.4. The Morgan fingerprint density at radius 1 is 0.939 bits per heavy atom. The molecule has 0 aromatic heterocycles. The number of carbonyl (C=O) groups is 1. The van der Waals surface area contributed by atoms with Crippen LogP contribution in [0.2, 0.25) is 5.02 Å². The van der Waals surface area contributed by atoms with Crippen LogP contribution in [0.15, 0.2) is 95.9 Å². The number of ether oxygens (including phenoxy) is 1. The van der Waals surface area contributed by atoms with Gasteiger partial charge in [-0.1, -0.05) is 54.1 Å². The fourth-order valence-electron chi connectivity index (χ4n) is 3.48. The van der Waals surface area contributed by atoms with Crippen molar-refractivity contribution in [1.82, 2.24) is 0 Å². The SMILES string of the molecule is COc1ccc(S(=O)(=O)N(CC(=O)Nc2cccc3ccccc23)c2cccc(Cl)c2)cc1. The normalized spacial score (nSPS) is 11.2. The standard InChI is InChI=1S/C25H21ClN2O4S/c1-32-21-12-14-22(15-13-21)33(30,31)28(20-9-5-8-19(26)16-20)17-25(29)27-24-11-4-7-18-6-2-3-10-23(18)24/h2-16H,17H2,1H3,(H,27,29). The van der Waals surface area contributed by atoms with Gasteiger partial charge in [0.2, 0.25) is 5.91 Å². The van der Waals surface area contributed by atoms with Crippen LogP contribution in [0.5, 0.6) is 5.75 Å². The number of halogens is 1. The van der Waals surface area contributed by atoms with Gasteiger partial charge in [0.1, 0.15) is 12.3 Å². The number of amides is 1. The smallest absolute Gasteiger partial charge is 0.264 e. The molecule has 33 heavy (non-hydrogen) atoms. The van der Waals surface area contributed by atoms with Crippen LogP contribution in [0, 0.1) is 0 Å². The fourth-order valence-corrected chi connectivity index (χ4v) is 5.07. The molecule has 0 fully saturated rings. The van der Waals surface area contributed by atoms with Crippen molar-refractivity contribution in [2.75, 3.05) is 23.3 Å². The monoisotopic (exact) mass is 480 g/mol. The highest BCUT2D eigenvalue weighted by Gasteiger charge is 2.27. The number of anilines is 2. The number of sulfonamides is 1. The van der Waals surface area contributed by atoms with Gasteiger partial charge in [0, 0.05) is 16.1 Å². The Labute approximate surface area is 197 Å². The average Bonchev–Trinajstić information content (AvgIpc) is 2.83. The minimum Gasteiger partial charge on any atom is -0.497 e. The largest absolute Gasteiger partial charge is 0.497 e. The number of methoxy groups -OCH3 is 1. The molecule has 8 heteroatoms. The van der Waals surface area contributed by atoms with Crippen molar-refractivity contribution >= 4 is 49.7 Å². The first-order chi connectivity index (χ1) is 15.9. The summed E-state index contributed by atoms with van der Waals surface area (Å²) in [5, 5.41) is 5.03. The van der Waals surface area contributed by atoms with Crippen LogP contribution in [0.1, 0.15) is 0 Å². The van der Waals surface area contributed by atoms with Gasteiger partial charge < -0.3 is 10.1 Å². The number of hydrogen-bond donors (Lipinski definition) is 1. The van der Waals surface area contributed by atoms with Crippen LogP contribution in [-0.2, 0) is 14.8 Å². The summed E-state index contributed by atoms with van der Waals surface area (Å²) in [4.78, 5) is 13.1. The first-order valence-corrected chi connectivity index (χ1v) is 11.9. The van der Waals surface area contributed by atoms with Crippen molar-refractivity contribution in [1.29, 1.82) is 0 Å². The second kappa shape index (κ2) is 9.52. The fraction of sp³-hybridized carbons (Fsp3) is 0.0800. The van der Waals surface area contributed by atoms with Crippen molar-refractivity contribution in [3.63, 3.8) is 0 Å². The topological polar surface area (TPSA) is 75.7 Å². The van der Waals surface area contributed by atoms with Crippen molar-refractivity contribution in [3.8, 4) is 5.75 Å². The van der Waals surface area contributed by atoms with Crippen LogP contribution in [0.25, 0.3) is 10.8 Å². The summed E-state index contributed by atoms with van der Waals surface area (Å²) in [5.74, 6) is 0.0420. The van der Waals surface area contributed by atoms with Crippen molar-refractivity contribution < 1.29 is 17.9 Å². The lowest BCUT2D eigenvalue weighted by atomic mass is 10.1. The highest BCUT2D eigenvalue weighted by Crippen LogP contribution is 2.28. The lowest BCUT2D eigenvalue weighted by molar-refractivity contribution is -0.114. The van der Waals surface area contributed by atoms with Gasteiger partial charge in [-0.25, -0.2) is 8.42 Å². The summed E-state index contributed by atoms with van der Waals surface area (Å²) in [6.07, 6.45) is 0. The van der Waals surface area contributed by atoms with E-state index in [1.807, 2.05) is 36.4 Å². The van der Waals surface area contributed by atoms with E-state index in [0.29, 0.717) is 16.5 Å². The van der Waals surface area contributed by atoms with Crippen LogP contribution in [0.4, 0.5) is 11.4 Å². The minimum atomic E-state index is -4.07. The zero-order valence-corrected chi connectivity index (χ0v) is 19.3. The van der Waals surface area contributed by atoms with E-state index in [1.165, 1.54) is 25.3 Å². The second-order valence-corrected chi connectivity index (χ2v) is 9.54. The number of rotatable bonds is 7. The Morgan fingerprint density at radius 2 is 1.64 bits per heavy atom. The minimum absolute atomic E-state index is 0.0289. The molecule has 4 rings (SSSR count). The number of hydrogen-bond acceptors (Lipinski definition) is 4. The molecule has 0 saturated heterocycles. The molecule has 0 heterocycles. The molecular weight excluding hydrogens is 460 g/mol. The number of benzene rings is 4. The summed E-state index contributed by atoms with van der Waals surface area (Å²) in [6.45, 7) is -0.433. The predicted octanol–water partition coefficient (Wildman–Crippen LogP) is 5.34. The van der Waals surface area contributed by atoms with E-state index in [9.17, 15) is 13.2 Å². The lowest BCUT2D eigenvalue weighted by Crippen LogP contribution is -2.38. The molecule has 4 aromatic rings. The molecule has 0 saturated carbocycles. The van der Waals surface area contributed by atoms with Crippen molar-refractivity contribution in [2.45, 2.75) is 4.90 Å². The predicted molar refractivity (Wildman–Crippen MR) is 132 cm³/mol. The number of carbonyl (C=O) groups excluding carboxylic acids is 1. The van der Waals surface area contributed by atoms with E-state index in [1.54, 1.807) is 36.4 Å². The van der Waals surface area contributed by atoms with Crippen molar-refractivity contribution in [2.24, 2.45) is 0 Å². The first-order valence-electron chi connectivity index (χ1n) is 10.1. The number of fused-ring (bicyclic) bond motifs is 1. The molecule has 0 aliphatic heterocycles. The van der Waals surface area contributed by atoms with E-state index in [0.717, 1.165) is 15.1 Å². The van der Waals surface area contributed by atoms with Gasteiger partial charge in [0.05, 0.1) is 17.7 Å². The molecule has 1 amide bonds. The van der Waals surface area contributed by atoms with Crippen LogP contribution in [-0.4, -0.2) is 28.0 Å². The Hall–Kier alpha value is -3.55. The van der Waals surface area contributed by atoms with Crippen LogP contribution in [0.3, 0.4) is 0 Å². The molecule has 0 atom stereocenters. The number of nitrogens with zero attached hydrogens (tertiary/aromatic N) is 1. The highest BCUT2D eigenvalue weighted by atomic mass is 35.5. The van der Waals surface area contributed by atoms with E-state index in [-0.39, 0.29) is 10.6 Å². The molecule has 1 N–H and O–H groups in total. The molecule has 0 aliphatic rings. The lowest BCUT2D eigenvalue weighted by Gasteiger charge is -2.24. The molecule has 6 nitrogen and oxygen atoms in total. The third-order valence-corrected chi connectivity index (χ3v) is 7.12. The maximum absolute atomic E-state index is 13.5. The maximum Gasteiger partial charge on any atom is 0.264 e. The second-order valence-electron chi connectivity index (χ2n) is 7.24. The van der Waals surface area contributed by atoms with E-state index < -0.39 is 22.5 Å². The highest BCUT2D eigenvalue weighted by molar-refractivity contribution is 7.92. The Kier molecular flexibility index (Phi) is 6.53. The molecule has 0 bridgehead atoms. The summed E-state index contributed by atoms with van der Waals surface area (Å²) < 4.78 is 33.2. The Bertz CT molecular complexity index is 1400. The molecule has 4 aromatic carbocycles. The van der Waals surface area contributed by atoms with Gasteiger partial charge in [-0.05, 0) is 53.9 Å². The maximum atomic E-state index is 13.5. The van der Waals surface area contributed by atoms with E-state index in [4.69, 9.17) is 16.3 Å². The van der Waals surface area contributed by atoms with Gasteiger partial charge >= 0.3 is 0 Å². The zero-order valence-electron chi connectivity index (χ0n) is 17.7. The van der Waals surface area contributed by atoms with Gasteiger partial charge in [0.15, 0.2) is 0 Å². The van der Waals surface area contributed by atoms with Crippen LogP contribution >= 0.6 is 11.6 Å². The summed E-state index contributed by atoms with van der Waals surface area (Å²) in [6, 6.07) is 25.6. The van der Waals surface area contributed by atoms with Crippen molar-refractivity contribution in [3.05, 3.63) is 96.0 Å². The molecular formula is C25H21ClN2O4S. The molecule has 0 unspecified atom stereocenters. The van der Waals surface area contributed by atoms with E-state index >= 15 is 0 Å². The average molecular weight is 481 g/mol. The van der Waals surface area contributed by atoms with Crippen LogP contribution < -0.4 is 14.4 Å². The Balaban J connectivity index is 1.68. The third-order valence-electron chi connectivity index (χ3n) is 5.09. The quantitative estimate of drug-likeness (QED) is 0.387. The van der Waals surface area contributed by atoms with Gasteiger partial charge in [0.25, 0.3) is 10.0 Å². The van der Waals surface area contributed by atoms with Gasteiger partial charge in [-0.3, -0.25) is 9.10 Å². The first kappa shape index (κ1) is 22.6. The molecule has 0 aliphatic carbocycles. The molecule has 0 spiro atoms. The summed E-state index contributed by atoms with van der Waals surface area (Å²) in [5.41, 5.74) is 0.886. The Morgan fingerprint density at radius 3 is 2.36 bits per heavy atom. The number of nitrogens with one attached hydrogen (secondary N) is 1. The van der Waals surface area contributed by atoms with Gasteiger partial charge in [-0.15, -0.1) is 0 Å². The molecule has 0 radical (unpaired) electrons. The summed E-state index contributed by atoms with van der Waals surface area (Å²) in [7, 11) is -2.57. The molecule has 168 valence electrons. The van der Waals surface area contributed by atoms with Gasteiger partial charge in [-0.2, -0.15) is 0 Å². The summed E-state index contributed by atoms with van der Waals surface area (Å²) >= 11 is 6.12. The van der Waals surface area contributed by atoms with E-state index in [2.05, 4.69) is 5.32 Å².